The minimum Gasteiger partial charge on any atom is -0.396 e. The van der Waals surface area contributed by atoms with Crippen molar-refractivity contribution in [2.75, 3.05) is 19.7 Å². The van der Waals surface area contributed by atoms with E-state index in [1.54, 1.807) is 0 Å². The largest absolute Gasteiger partial charge is 0.396 e. The van der Waals surface area contributed by atoms with Gasteiger partial charge >= 0.3 is 0 Å². The Morgan fingerprint density at radius 3 is 2.94 bits per heavy atom. The molecule has 4 heteroatoms. The fourth-order valence-electron chi connectivity index (χ4n) is 2.35. The number of carbonyl (C=O) groups is 1. The molecule has 16 heavy (non-hydrogen) atoms. The highest BCUT2D eigenvalue weighted by Crippen LogP contribution is 2.17. The van der Waals surface area contributed by atoms with Gasteiger partial charge in [-0.05, 0) is 33.1 Å². The molecule has 1 rings (SSSR count). The predicted molar refractivity (Wildman–Crippen MR) is 64.2 cm³/mol. The molecule has 1 aliphatic rings. The summed E-state index contributed by atoms with van der Waals surface area (Å²) in [7, 11) is 0. The topological polar surface area (TPSA) is 52.6 Å². The second kappa shape index (κ2) is 6.86. The lowest BCUT2D eigenvalue weighted by Gasteiger charge is -2.33. The molecule has 1 saturated heterocycles. The molecular weight excluding hydrogens is 204 g/mol. The van der Waals surface area contributed by atoms with Crippen molar-refractivity contribution in [3.8, 4) is 0 Å². The van der Waals surface area contributed by atoms with Gasteiger partial charge in [-0.2, -0.15) is 0 Å². The van der Waals surface area contributed by atoms with Gasteiger partial charge in [-0.3, -0.25) is 9.69 Å². The number of nitrogens with zero attached hydrogens (tertiary/aromatic N) is 1. The minimum absolute atomic E-state index is 0.164. The van der Waals surface area contributed by atoms with E-state index in [1.165, 1.54) is 0 Å². The molecule has 1 fully saturated rings. The normalized spacial score (nSPS) is 22.3. The summed E-state index contributed by atoms with van der Waals surface area (Å²) in [6.45, 7) is 6.22. The van der Waals surface area contributed by atoms with Crippen molar-refractivity contribution in [2.45, 2.75) is 51.6 Å². The van der Waals surface area contributed by atoms with Crippen LogP contribution < -0.4 is 5.32 Å². The molecule has 2 N–H and O–H groups in total. The highest BCUT2D eigenvalue weighted by atomic mass is 16.3. The number of hydrogen-bond donors (Lipinski definition) is 2. The van der Waals surface area contributed by atoms with Gasteiger partial charge in [-0.15, -0.1) is 0 Å². The molecule has 0 aromatic carbocycles. The lowest BCUT2D eigenvalue weighted by atomic mass is 10.0. The first-order chi connectivity index (χ1) is 7.65. The van der Waals surface area contributed by atoms with Crippen molar-refractivity contribution in [3.05, 3.63) is 0 Å². The Labute approximate surface area is 98.0 Å². The molecule has 0 saturated carbocycles. The Bertz CT molecular complexity index is 219. The van der Waals surface area contributed by atoms with Gasteiger partial charge in [0.2, 0.25) is 5.91 Å². The lowest BCUT2D eigenvalue weighted by molar-refractivity contribution is -0.121. The summed E-state index contributed by atoms with van der Waals surface area (Å²) in [6.07, 6.45) is 3.51. The molecule has 1 amide bonds. The van der Waals surface area contributed by atoms with Crippen molar-refractivity contribution in [1.82, 2.24) is 10.2 Å². The monoisotopic (exact) mass is 228 g/mol. The van der Waals surface area contributed by atoms with Crippen molar-refractivity contribution < 1.29 is 9.90 Å². The number of hydrogen-bond acceptors (Lipinski definition) is 3. The molecule has 0 aliphatic carbocycles. The third-order valence-corrected chi connectivity index (χ3v) is 3.16. The van der Waals surface area contributed by atoms with Gasteiger partial charge in [0.05, 0.1) is 0 Å². The summed E-state index contributed by atoms with van der Waals surface area (Å²) in [6, 6.07) is 0.775. The smallest absolute Gasteiger partial charge is 0.221 e. The van der Waals surface area contributed by atoms with Crippen LogP contribution in [0.25, 0.3) is 0 Å². The summed E-state index contributed by atoms with van der Waals surface area (Å²) in [5.74, 6) is 0.164. The maximum Gasteiger partial charge on any atom is 0.221 e. The van der Waals surface area contributed by atoms with Crippen molar-refractivity contribution in [2.24, 2.45) is 0 Å². The number of amides is 1. The minimum atomic E-state index is 0.164. The fourth-order valence-corrected chi connectivity index (χ4v) is 2.35. The molecule has 0 aromatic rings. The summed E-state index contributed by atoms with van der Waals surface area (Å²) < 4.78 is 0. The van der Waals surface area contributed by atoms with Crippen LogP contribution in [0.2, 0.25) is 0 Å². The summed E-state index contributed by atoms with van der Waals surface area (Å²) >= 11 is 0. The Morgan fingerprint density at radius 1 is 1.56 bits per heavy atom. The average Bonchev–Trinajstić information content (AvgIpc) is 2.43. The maximum atomic E-state index is 11.5. The molecule has 4 nitrogen and oxygen atoms in total. The van der Waals surface area contributed by atoms with Crippen LogP contribution in [0.4, 0.5) is 0 Å². The number of carbonyl (C=O) groups excluding carboxylic acids is 1. The van der Waals surface area contributed by atoms with Crippen LogP contribution in [0.5, 0.6) is 0 Å². The molecule has 0 spiro atoms. The third-order valence-electron chi connectivity index (χ3n) is 3.16. The SMILES string of the molecule is CC(C)N(CCCO)C1CCCNC(=O)C1. The van der Waals surface area contributed by atoms with E-state index >= 15 is 0 Å². The van der Waals surface area contributed by atoms with Gasteiger partial charge < -0.3 is 10.4 Å². The van der Waals surface area contributed by atoms with Crippen LogP contribution in [0.3, 0.4) is 0 Å². The standard InChI is InChI=1S/C12H24N2O2/c1-10(2)14(7-4-8-15)11-5-3-6-13-12(16)9-11/h10-11,15H,3-9H2,1-2H3,(H,13,16). The van der Waals surface area contributed by atoms with Crippen LogP contribution in [-0.4, -0.2) is 47.7 Å². The van der Waals surface area contributed by atoms with E-state index in [0.717, 1.165) is 32.4 Å². The molecule has 0 aromatic heterocycles. The fraction of sp³-hybridized carbons (Fsp3) is 0.917. The summed E-state index contributed by atoms with van der Waals surface area (Å²) in [5.41, 5.74) is 0. The zero-order chi connectivity index (χ0) is 12.0. The molecule has 94 valence electrons. The number of aliphatic hydroxyl groups excluding tert-OH is 1. The zero-order valence-corrected chi connectivity index (χ0v) is 10.4. The predicted octanol–water partition coefficient (Wildman–Crippen LogP) is 0.748. The Hall–Kier alpha value is -0.610. The van der Waals surface area contributed by atoms with Gasteiger partial charge in [0, 0.05) is 38.2 Å². The number of rotatable bonds is 5. The lowest BCUT2D eigenvalue weighted by Crippen LogP contribution is -2.42. The molecule has 1 unspecified atom stereocenters. The Morgan fingerprint density at radius 2 is 2.31 bits per heavy atom. The van der Waals surface area contributed by atoms with E-state index in [1.807, 2.05) is 0 Å². The van der Waals surface area contributed by atoms with Crippen LogP contribution in [0, 0.1) is 0 Å². The Balaban J connectivity index is 2.56. The highest BCUT2D eigenvalue weighted by molar-refractivity contribution is 5.76. The second-order valence-electron chi connectivity index (χ2n) is 4.76. The van der Waals surface area contributed by atoms with Crippen LogP contribution in [0.1, 0.15) is 39.5 Å². The van der Waals surface area contributed by atoms with Gasteiger partial charge in [0.25, 0.3) is 0 Å². The van der Waals surface area contributed by atoms with Crippen LogP contribution >= 0.6 is 0 Å². The van der Waals surface area contributed by atoms with Gasteiger partial charge in [0.15, 0.2) is 0 Å². The van der Waals surface area contributed by atoms with E-state index < -0.39 is 0 Å². The molecule has 0 radical (unpaired) electrons. The van der Waals surface area contributed by atoms with Crippen molar-refractivity contribution in [3.63, 3.8) is 0 Å². The molecule has 1 atom stereocenters. The van der Waals surface area contributed by atoms with Gasteiger partial charge in [-0.25, -0.2) is 0 Å². The van der Waals surface area contributed by atoms with Crippen molar-refractivity contribution in [1.29, 1.82) is 0 Å². The zero-order valence-electron chi connectivity index (χ0n) is 10.4. The molecule has 1 aliphatic heterocycles. The molecule has 1 heterocycles. The van der Waals surface area contributed by atoms with Crippen LogP contribution in [-0.2, 0) is 4.79 Å². The average molecular weight is 228 g/mol. The Kier molecular flexibility index (Phi) is 5.77. The number of nitrogens with one attached hydrogen (secondary N) is 1. The molecular formula is C12H24N2O2. The van der Waals surface area contributed by atoms with E-state index in [4.69, 9.17) is 5.11 Å². The van der Waals surface area contributed by atoms with E-state index in [9.17, 15) is 4.79 Å². The van der Waals surface area contributed by atoms with Crippen LogP contribution in [0.15, 0.2) is 0 Å². The summed E-state index contributed by atoms with van der Waals surface area (Å²) in [4.78, 5) is 13.9. The van der Waals surface area contributed by atoms with Gasteiger partial charge in [0.1, 0.15) is 0 Å². The third kappa shape index (κ3) is 4.10. The van der Waals surface area contributed by atoms with E-state index in [2.05, 4.69) is 24.1 Å². The van der Waals surface area contributed by atoms with E-state index in [0.29, 0.717) is 18.5 Å². The van der Waals surface area contributed by atoms with Crippen molar-refractivity contribution >= 4 is 5.91 Å². The molecule has 0 bridgehead atoms. The first-order valence-corrected chi connectivity index (χ1v) is 6.28. The van der Waals surface area contributed by atoms with E-state index in [-0.39, 0.29) is 12.5 Å². The first-order valence-electron chi connectivity index (χ1n) is 6.28. The second-order valence-corrected chi connectivity index (χ2v) is 4.76. The first kappa shape index (κ1) is 13.5. The summed E-state index contributed by atoms with van der Waals surface area (Å²) in [5, 5.41) is 11.8. The quantitative estimate of drug-likeness (QED) is 0.730. The highest BCUT2D eigenvalue weighted by Gasteiger charge is 2.24. The number of aliphatic hydroxyl groups is 1. The maximum absolute atomic E-state index is 11.5. The van der Waals surface area contributed by atoms with Gasteiger partial charge in [-0.1, -0.05) is 0 Å².